The summed E-state index contributed by atoms with van der Waals surface area (Å²) >= 11 is 30.1. The number of pyridine rings is 7. The first-order valence-electron chi connectivity index (χ1n) is 40.4. The third kappa shape index (κ3) is 42.2. The topological polar surface area (TPSA) is 524 Å². The maximum absolute atomic E-state index is 13.0. The number of alkyl halides is 4. The van der Waals surface area contributed by atoms with E-state index in [1.54, 1.807) is 147 Å². The number of hydroxylamine groups is 1. The molecular formula is C87H91BBr7Cl3F5IN18O21S2. The van der Waals surface area contributed by atoms with E-state index in [-0.39, 0.29) is 55.1 Å². The number of nitro groups is 2. The van der Waals surface area contributed by atoms with Gasteiger partial charge in [0.05, 0.1) is 140 Å². The van der Waals surface area contributed by atoms with Crippen molar-refractivity contribution < 1.29 is 105 Å². The zero-order valence-corrected chi connectivity index (χ0v) is 95.9. The van der Waals surface area contributed by atoms with Crippen LogP contribution >= 0.6 is 166 Å². The summed E-state index contributed by atoms with van der Waals surface area (Å²) in [6, 6.07) is 29.7. The Morgan fingerprint density at radius 1 is 0.634 bits per heavy atom. The standard InChI is InChI=1S/C19H26BN3O4.C12H9BrClFN2O2S.C10H10F3IO.2C8H9BrN2O2.C7H7BrN2O3.C6H7BrN2.C6H3Cl2FO2S.C5H3BrN2O2.C5H5BrN2O.CH3NO2/c1-12(16(24)21-6)10-23-11-22-15-8-7-13(9-14(15)17(23)25)20-26-18(2,3)19(4,5)27-20;1-7-11(4-8(13)6-16-7)17-20(18,19)12-3-2-9(15)5-10(12)14;1-9(2)7-5-3-4-6-8(7)14(15-9)10(11,12)13;1-11(8(12)13-2)7-3-6(9)4-10-5-7;1-5-7(11-8(12)13-2)3-6(9)4-10-5;1-13-7(11)10(12)6-2-5(8)3-9-4-6;1-4-6(8)2-5(7)3-9-4;7-5-3-4(9)1-2-6(5)12(8,10)11;6-4-1-5(8(9)10)3-7-2-4;6-4-1-5(8-9)3-7-2-4;1-2(3)4/h7-9,11-12H,10H2,1-6H3,(H,21,24);2-6,17H,1H3;3-6H,1-2H3;3-5H,1-2H3;3-4H,1-2H3,(H,11,12);2-4,12H,1H3;2-3H,8H2,1H3;1-3H;1-3H;1-3,8-9H;1H3. The molecule has 14 rings (SSSR count). The number of nitrogens with zero attached hydrogens (tertiary/aromatic N) is 13. The molecule has 58 heteroatoms. The number of aryl methyl sites for hydroxylation is 3. The Labute approximate surface area is 909 Å². The maximum atomic E-state index is 13.0. The van der Waals surface area contributed by atoms with Crippen LogP contribution in [-0.2, 0) is 62.6 Å². The van der Waals surface area contributed by atoms with Crippen LogP contribution in [0.2, 0.25) is 10.0 Å². The van der Waals surface area contributed by atoms with Crippen molar-refractivity contribution in [3.05, 3.63) is 306 Å². The molecule has 8 aromatic heterocycles. The molecule has 1 fully saturated rings. The van der Waals surface area contributed by atoms with Gasteiger partial charge in [0.25, 0.3) is 30.3 Å². The molecule has 1 atom stereocenters. The number of nitrogens with one attached hydrogen (secondary N) is 4. The number of amides is 4. The fraction of sp³-hybridized carbons (Fsp3) is 0.253. The van der Waals surface area contributed by atoms with Gasteiger partial charge >= 0.3 is 119 Å². The average molecular weight is 2690 g/mol. The number of benzene rings is 4. The van der Waals surface area contributed by atoms with Crippen LogP contribution in [0.5, 0.6) is 0 Å². The molecule has 8 N–H and O–H groups in total. The second-order valence-corrected chi connectivity index (χ2v) is 45.8. The first-order chi connectivity index (χ1) is 67.5. The van der Waals surface area contributed by atoms with E-state index in [1.807, 2.05) is 52.2 Å². The smallest absolute Gasteiger partial charge is 0.453 e. The number of hydrogen-bond acceptors (Lipinski definition) is 31. The zero-order chi connectivity index (χ0) is 110. The second kappa shape index (κ2) is 59.2. The first-order valence-corrected chi connectivity index (χ1v) is 53.5. The molecular weight excluding hydrogens is 2600 g/mol. The molecule has 10 heterocycles. The van der Waals surface area contributed by atoms with Crippen molar-refractivity contribution in [1.29, 1.82) is 0 Å². The van der Waals surface area contributed by atoms with Crippen LogP contribution in [0, 0.1) is 62.1 Å². The van der Waals surface area contributed by atoms with Gasteiger partial charge < -0.3 is 34.6 Å². The summed E-state index contributed by atoms with van der Waals surface area (Å²) in [5, 5.41) is 42.1. The van der Waals surface area contributed by atoms with Gasteiger partial charge in [-0.3, -0.25) is 100 Å². The summed E-state index contributed by atoms with van der Waals surface area (Å²) in [6.45, 7) is 18.7. The average Bonchev–Trinajstić information content (AvgIpc) is 1.61. The number of ether oxygens (including phenoxy) is 3. The molecule has 2 aliphatic rings. The van der Waals surface area contributed by atoms with E-state index in [0.29, 0.717) is 67.0 Å². The third-order valence-electron chi connectivity index (χ3n) is 18.5. The molecule has 1 unspecified atom stereocenters. The van der Waals surface area contributed by atoms with Crippen molar-refractivity contribution in [2.24, 2.45) is 5.92 Å². The van der Waals surface area contributed by atoms with Crippen LogP contribution in [0.1, 0.15) is 71.1 Å². The Morgan fingerprint density at radius 3 is 1.56 bits per heavy atom. The van der Waals surface area contributed by atoms with E-state index in [1.165, 1.54) is 80.2 Å². The molecule has 39 nitrogen and oxygen atoms in total. The summed E-state index contributed by atoms with van der Waals surface area (Å²) < 4.78 is 145. The van der Waals surface area contributed by atoms with Gasteiger partial charge in [0, 0.05) is 117 Å². The Balaban J connectivity index is 0.000000340. The summed E-state index contributed by atoms with van der Waals surface area (Å²) in [7, 11) is 4.57. The number of carbonyl (C=O) groups is 4. The number of halogens is 16. The van der Waals surface area contributed by atoms with Crippen molar-refractivity contribution in [3.8, 4) is 0 Å². The molecule has 0 aliphatic carbocycles. The SMILES string of the molecule is CC1(C)OI(C(F)(F)F)c2ccccc21.CNC(=O)C(C)Cn1cnc2ccc(B3OC(C)(C)C(C)(C)O3)cc2c1=O.COC(=O)N(C)c1cncc(Br)c1.COC(=O)N(O)c1cncc(Br)c1.COC(=O)Nc1cc(Br)cnc1C.C[N+](=O)[O-].Cc1ncc(Br)cc1N.Cc1ncc(Br)cc1NS(=O)(=O)c1ccc(F)cc1Cl.O=S(=O)(Cl)c1ccc(F)cc1Cl.O=[N+]([O-])c1cncc(Br)c1.ONc1cncc(Br)c1. The summed E-state index contributed by atoms with van der Waals surface area (Å²) in [5.74, 6) is -1.66. The number of sulfonamides is 1. The fourth-order valence-electron chi connectivity index (χ4n) is 10.6. The normalized spacial score (nSPS) is 12.9. The van der Waals surface area contributed by atoms with Crippen LogP contribution < -0.4 is 47.6 Å². The van der Waals surface area contributed by atoms with Crippen molar-refractivity contribution in [3.63, 3.8) is 0 Å². The number of hydrogen-bond donors (Lipinski definition) is 7. The second-order valence-electron chi connectivity index (χ2n) is 30.1. The van der Waals surface area contributed by atoms with Crippen molar-refractivity contribution in [1.82, 2.24) is 49.8 Å². The van der Waals surface area contributed by atoms with Gasteiger partial charge in [-0.1, -0.05) is 36.2 Å². The molecule has 2 aliphatic heterocycles. The Morgan fingerprint density at radius 2 is 1.10 bits per heavy atom. The molecule has 0 radical (unpaired) electrons. The van der Waals surface area contributed by atoms with Gasteiger partial charge in [-0.05, 0) is 250 Å². The van der Waals surface area contributed by atoms with Crippen LogP contribution in [-0.4, -0.2) is 171 Å². The van der Waals surface area contributed by atoms with Gasteiger partial charge in [0.2, 0.25) is 5.91 Å². The van der Waals surface area contributed by atoms with Crippen LogP contribution in [0.3, 0.4) is 0 Å². The Kier molecular flexibility index (Phi) is 51.9. The minimum absolute atomic E-state index is 0.00521. The summed E-state index contributed by atoms with van der Waals surface area (Å²) in [6.07, 6.45) is 16.6. The number of methoxy groups -OCH3 is 3. The van der Waals surface area contributed by atoms with Gasteiger partial charge in [0.1, 0.15) is 27.6 Å². The quantitative estimate of drug-likeness (QED) is 0.00649. The van der Waals surface area contributed by atoms with Crippen LogP contribution in [0.4, 0.5) is 76.1 Å². The number of nitrogens with two attached hydrogens (primary N) is 1. The molecule has 0 spiro atoms. The number of nitrogen functional groups attached to an aromatic ring is 1. The predicted molar refractivity (Wildman–Crippen MR) is 572 cm³/mol. The van der Waals surface area contributed by atoms with Crippen LogP contribution in [0.15, 0.2) is 242 Å². The molecule has 782 valence electrons. The van der Waals surface area contributed by atoms with Gasteiger partial charge in [-0.15, -0.1) is 0 Å². The number of aromatic nitrogens is 9. The maximum Gasteiger partial charge on any atom is 0.494 e. The Hall–Kier alpha value is -10.1. The van der Waals surface area contributed by atoms with Crippen molar-refractivity contribution in [2.45, 2.75) is 107 Å². The fourth-order valence-corrected chi connectivity index (χ4v) is 20.6. The molecule has 145 heavy (non-hydrogen) atoms. The van der Waals surface area contributed by atoms with E-state index in [4.69, 9.17) is 67.3 Å². The monoisotopic (exact) mass is 2680 g/mol. The Bertz CT molecular complexity index is 6740. The number of carbonyl (C=O) groups excluding carboxylic acids is 4. The molecule has 0 saturated carbocycles. The molecule has 4 aromatic carbocycles. The largest absolute Gasteiger partial charge is 0.494 e. The summed E-state index contributed by atoms with van der Waals surface area (Å²) in [5.41, 5.74) is 13.0. The van der Waals surface area contributed by atoms with E-state index in [2.05, 4.69) is 181 Å². The predicted octanol–water partition coefficient (Wildman–Crippen LogP) is 22.5. The number of anilines is 6. The van der Waals surface area contributed by atoms with Crippen LogP contribution in [0.25, 0.3) is 10.9 Å². The van der Waals surface area contributed by atoms with E-state index < -0.39 is 107 Å². The summed E-state index contributed by atoms with van der Waals surface area (Å²) in [4.78, 5) is 108. The van der Waals surface area contributed by atoms with E-state index in [9.17, 15) is 78.1 Å². The molecule has 1 saturated heterocycles. The number of fused-ring (bicyclic) bond motifs is 2. The molecule has 0 bridgehead atoms. The minimum atomic E-state index is -4.19. The van der Waals surface area contributed by atoms with Gasteiger partial charge in [-0.25, -0.2) is 45.0 Å². The van der Waals surface area contributed by atoms with E-state index >= 15 is 0 Å². The van der Waals surface area contributed by atoms with Gasteiger partial charge in [-0.2, -0.15) is 5.06 Å². The zero-order valence-electron chi connectivity index (χ0n) is 78.7. The van der Waals surface area contributed by atoms with E-state index in [0.717, 1.165) is 83.9 Å². The van der Waals surface area contributed by atoms with Gasteiger partial charge in [0.15, 0.2) is 7.05 Å². The molecule has 4 amide bonds. The van der Waals surface area contributed by atoms with Crippen molar-refractivity contribution >= 4 is 272 Å². The minimum Gasteiger partial charge on any atom is -0.453 e. The number of rotatable bonds is 13. The molecule has 12 aromatic rings. The first kappa shape index (κ1) is 127. The van der Waals surface area contributed by atoms with Crippen molar-refractivity contribution in [2.75, 3.05) is 73.7 Å². The third-order valence-corrected chi connectivity index (χ3v) is 29.8.